The predicted molar refractivity (Wildman–Crippen MR) is 67.3 cm³/mol. The molecule has 4 aliphatic rings. The summed E-state index contributed by atoms with van der Waals surface area (Å²) >= 11 is 0. The van der Waals surface area contributed by atoms with Crippen LogP contribution in [0.5, 0.6) is 0 Å². The highest BCUT2D eigenvalue weighted by atomic mass is 16.5. The number of carbonyl (C=O) groups excluding carboxylic acids is 2. The molecule has 0 spiro atoms. The molecule has 0 aromatic rings. The number of carbonyl (C=O) groups is 2. The zero-order chi connectivity index (χ0) is 13.1. The lowest BCUT2D eigenvalue weighted by Crippen LogP contribution is -2.52. The Morgan fingerprint density at radius 1 is 1.42 bits per heavy atom. The zero-order valence-electron chi connectivity index (χ0n) is 10.8. The van der Waals surface area contributed by atoms with Crippen LogP contribution in [-0.2, 0) is 14.3 Å². The molecule has 2 fully saturated rings. The monoisotopic (exact) mass is 260 g/mol. The van der Waals surface area contributed by atoms with E-state index in [2.05, 4.69) is 12.2 Å². The van der Waals surface area contributed by atoms with Crippen LogP contribution in [0.2, 0.25) is 0 Å². The van der Waals surface area contributed by atoms with Crippen molar-refractivity contribution in [2.24, 2.45) is 22.7 Å². The van der Waals surface area contributed by atoms with Crippen molar-refractivity contribution in [1.29, 1.82) is 0 Å². The summed E-state index contributed by atoms with van der Waals surface area (Å²) in [5.41, 5.74) is 0. The second kappa shape index (κ2) is 3.68. The van der Waals surface area contributed by atoms with Crippen molar-refractivity contribution in [2.75, 3.05) is 7.11 Å². The van der Waals surface area contributed by atoms with Gasteiger partial charge in [-0.15, -0.1) is 0 Å². The molecule has 0 unspecified atom stereocenters. The molecule has 0 N–H and O–H groups in total. The molecule has 0 radical (unpaired) electrons. The van der Waals surface area contributed by atoms with Crippen LogP contribution in [0.4, 0.5) is 0 Å². The van der Waals surface area contributed by atoms with E-state index in [1.165, 1.54) is 7.11 Å². The minimum Gasteiger partial charge on any atom is -0.467 e. The first kappa shape index (κ1) is 11.2. The summed E-state index contributed by atoms with van der Waals surface area (Å²) < 4.78 is 4.80. The molecule has 2 bridgehead atoms. The van der Waals surface area contributed by atoms with Gasteiger partial charge in [0.15, 0.2) is 0 Å². The largest absolute Gasteiger partial charge is 0.467 e. The van der Waals surface area contributed by atoms with Crippen LogP contribution in [0.3, 0.4) is 0 Å². The number of hydrogen-bond acceptors (Lipinski definition) is 4. The lowest BCUT2D eigenvalue weighted by atomic mass is 9.86. The van der Waals surface area contributed by atoms with E-state index in [4.69, 9.17) is 9.73 Å². The second-order valence-electron chi connectivity index (χ2n) is 5.80. The van der Waals surface area contributed by atoms with Crippen molar-refractivity contribution in [1.82, 2.24) is 4.90 Å². The van der Waals surface area contributed by atoms with E-state index in [0.717, 1.165) is 12.3 Å². The van der Waals surface area contributed by atoms with Crippen LogP contribution >= 0.6 is 0 Å². The number of nitrogens with zero attached hydrogens (tertiary/aromatic N) is 2. The molecule has 5 atom stereocenters. The summed E-state index contributed by atoms with van der Waals surface area (Å²) in [7, 11) is 1.37. The predicted octanol–water partition coefficient (Wildman–Crippen LogP) is 0.753. The first-order valence-corrected chi connectivity index (χ1v) is 6.86. The Balaban J connectivity index is 1.72. The summed E-state index contributed by atoms with van der Waals surface area (Å²) in [4.78, 5) is 30.9. The lowest BCUT2D eigenvalue weighted by Gasteiger charge is -2.35. The molecule has 1 saturated heterocycles. The minimum absolute atomic E-state index is 0.0518. The van der Waals surface area contributed by atoms with Crippen molar-refractivity contribution >= 4 is 17.7 Å². The summed E-state index contributed by atoms with van der Waals surface area (Å²) in [5, 5.41) is 0. The van der Waals surface area contributed by atoms with Crippen LogP contribution in [0.1, 0.15) is 19.3 Å². The van der Waals surface area contributed by atoms with Crippen molar-refractivity contribution < 1.29 is 14.3 Å². The molecule has 100 valence electrons. The van der Waals surface area contributed by atoms with Gasteiger partial charge in [0.05, 0.1) is 19.1 Å². The normalized spacial score (nSPS) is 42.2. The van der Waals surface area contributed by atoms with Crippen molar-refractivity contribution in [3.63, 3.8) is 0 Å². The van der Waals surface area contributed by atoms with E-state index < -0.39 is 6.04 Å². The Bertz CT molecular complexity index is 525. The van der Waals surface area contributed by atoms with Gasteiger partial charge in [0.2, 0.25) is 5.91 Å². The quantitative estimate of drug-likeness (QED) is 0.516. The fourth-order valence-electron chi connectivity index (χ4n) is 4.10. The van der Waals surface area contributed by atoms with Crippen LogP contribution < -0.4 is 0 Å². The molecular formula is C14H16N2O3. The third-order valence-corrected chi connectivity index (χ3v) is 4.94. The minimum atomic E-state index is -0.458. The molecular weight excluding hydrogens is 244 g/mol. The van der Waals surface area contributed by atoms with Gasteiger partial charge in [-0.2, -0.15) is 0 Å². The number of allylic oxidation sites excluding steroid dienone is 1. The molecule has 5 heteroatoms. The van der Waals surface area contributed by atoms with Crippen molar-refractivity contribution in [3.05, 3.63) is 12.2 Å². The molecule has 19 heavy (non-hydrogen) atoms. The van der Waals surface area contributed by atoms with E-state index in [1.54, 1.807) is 4.90 Å². The third kappa shape index (κ3) is 1.33. The maximum Gasteiger partial charge on any atom is 0.329 e. The number of ether oxygens (including phenoxy) is 1. The van der Waals surface area contributed by atoms with Crippen LogP contribution in [0.15, 0.2) is 17.1 Å². The second-order valence-corrected chi connectivity index (χ2v) is 5.80. The summed E-state index contributed by atoms with van der Waals surface area (Å²) in [6, 6.07) is -0.342. The van der Waals surface area contributed by atoms with Gasteiger partial charge >= 0.3 is 5.97 Å². The van der Waals surface area contributed by atoms with E-state index in [1.807, 2.05) is 0 Å². The summed E-state index contributed by atoms with van der Waals surface area (Å²) in [5.74, 6) is 1.24. The van der Waals surface area contributed by atoms with Crippen molar-refractivity contribution in [3.8, 4) is 0 Å². The average Bonchev–Trinajstić information content (AvgIpc) is 3.11. The molecule has 2 heterocycles. The Hall–Kier alpha value is -1.65. The van der Waals surface area contributed by atoms with Crippen LogP contribution in [0, 0.1) is 17.8 Å². The molecule has 2 aliphatic carbocycles. The first-order valence-electron chi connectivity index (χ1n) is 6.86. The summed E-state index contributed by atoms with van der Waals surface area (Å²) in [6.45, 7) is 0. The zero-order valence-corrected chi connectivity index (χ0v) is 10.8. The van der Waals surface area contributed by atoms with Crippen LogP contribution in [0.25, 0.3) is 0 Å². The highest BCUT2D eigenvalue weighted by Crippen LogP contribution is 2.49. The van der Waals surface area contributed by atoms with Crippen LogP contribution in [-0.4, -0.2) is 41.8 Å². The fourth-order valence-corrected chi connectivity index (χ4v) is 4.10. The topological polar surface area (TPSA) is 59.0 Å². The number of hydrogen-bond donors (Lipinski definition) is 0. The lowest BCUT2D eigenvalue weighted by molar-refractivity contribution is -0.150. The van der Waals surface area contributed by atoms with Crippen molar-refractivity contribution in [2.45, 2.75) is 31.3 Å². The van der Waals surface area contributed by atoms with Gasteiger partial charge in [0, 0.05) is 12.3 Å². The molecule has 1 amide bonds. The number of amidine groups is 1. The van der Waals surface area contributed by atoms with Gasteiger partial charge in [-0.05, 0) is 18.8 Å². The standard InChI is InChI=1S/C14H16N2O3/c1-19-14(18)9-4-5-10-15-12-8-3-2-7(6-8)11(12)13(17)16(9)10/h2-3,7-9,11-12H,4-6H2,1H3/t7-,8-,9-,11-,12+/m0/s1. The van der Waals surface area contributed by atoms with E-state index in [9.17, 15) is 9.59 Å². The van der Waals surface area contributed by atoms with E-state index >= 15 is 0 Å². The Morgan fingerprint density at radius 2 is 2.21 bits per heavy atom. The molecule has 2 aliphatic heterocycles. The van der Waals surface area contributed by atoms with E-state index in [0.29, 0.717) is 24.7 Å². The maximum absolute atomic E-state index is 12.7. The highest BCUT2D eigenvalue weighted by Gasteiger charge is 2.55. The van der Waals surface area contributed by atoms with Gasteiger partial charge in [0.25, 0.3) is 0 Å². The van der Waals surface area contributed by atoms with E-state index in [-0.39, 0.29) is 23.8 Å². The molecule has 5 nitrogen and oxygen atoms in total. The Kier molecular flexibility index (Phi) is 2.17. The maximum atomic E-state index is 12.7. The fraction of sp³-hybridized carbons (Fsp3) is 0.643. The Morgan fingerprint density at radius 3 is 3.00 bits per heavy atom. The number of fused-ring (bicyclic) bond motifs is 6. The van der Waals surface area contributed by atoms with Gasteiger partial charge < -0.3 is 4.74 Å². The first-order chi connectivity index (χ1) is 9.20. The summed E-state index contributed by atoms with van der Waals surface area (Å²) in [6.07, 6.45) is 6.73. The highest BCUT2D eigenvalue weighted by molar-refractivity contribution is 6.07. The Labute approximate surface area is 111 Å². The molecule has 0 aromatic heterocycles. The number of rotatable bonds is 1. The van der Waals surface area contributed by atoms with Gasteiger partial charge in [-0.1, -0.05) is 12.2 Å². The SMILES string of the molecule is COC(=O)[C@@H]1CCC2=N[C@H]3[C@@H](C(=O)N21)[C@H]1C=C[C@H]3C1. The molecule has 1 saturated carbocycles. The number of amides is 1. The molecule has 4 rings (SSSR count). The number of esters is 1. The van der Waals surface area contributed by atoms with Gasteiger partial charge in [0.1, 0.15) is 11.9 Å². The molecule has 0 aromatic carbocycles. The smallest absolute Gasteiger partial charge is 0.329 e. The number of aliphatic imine (C=N–C) groups is 1. The van der Waals surface area contributed by atoms with Gasteiger partial charge in [-0.3, -0.25) is 14.7 Å². The van der Waals surface area contributed by atoms with Gasteiger partial charge in [-0.25, -0.2) is 4.79 Å². The number of methoxy groups -OCH3 is 1. The average molecular weight is 260 g/mol. The third-order valence-electron chi connectivity index (χ3n) is 4.94.